The molecule has 0 aromatic carbocycles. The third kappa shape index (κ3) is 4.67. The lowest BCUT2D eigenvalue weighted by atomic mass is 9.97. The molecular weight excluding hydrogens is 300 g/mol. The van der Waals surface area contributed by atoms with E-state index in [-0.39, 0.29) is 17.8 Å². The van der Waals surface area contributed by atoms with Crippen LogP contribution in [-0.2, 0) is 11.3 Å². The number of carbonyl (C=O) groups is 1. The molecular formula is C15H24N4O4. The van der Waals surface area contributed by atoms with Crippen molar-refractivity contribution in [1.82, 2.24) is 14.7 Å². The Hall–Kier alpha value is -2.12. The molecule has 0 spiro atoms. The van der Waals surface area contributed by atoms with E-state index in [0.29, 0.717) is 25.3 Å². The molecule has 8 heteroatoms. The third-order valence-electron chi connectivity index (χ3n) is 3.77. The molecule has 0 radical (unpaired) electrons. The van der Waals surface area contributed by atoms with Crippen molar-refractivity contribution in [3.05, 3.63) is 21.9 Å². The summed E-state index contributed by atoms with van der Waals surface area (Å²) in [6, 6.07) is 1.48. The Kier molecular flexibility index (Phi) is 4.91. The zero-order valence-corrected chi connectivity index (χ0v) is 14.1. The van der Waals surface area contributed by atoms with Crippen LogP contribution in [0.2, 0.25) is 0 Å². The summed E-state index contributed by atoms with van der Waals surface area (Å²) >= 11 is 0. The van der Waals surface area contributed by atoms with Crippen LogP contribution in [0.3, 0.4) is 0 Å². The van der Waals surface area contributed by atoms with E-state index < -0.39 is 10.5 Å². The average molecular weight is 324 g/mol. The van der Waals surface area contributed by atoms with Gasteiger partial charge in [0.2, 0.25) is 0 Å². The Balaban J connectivity index is 1.90. The first kappa shape index (κ1) is 17.2. The zero-order valence-electron chi connectivity index (χ0n) is 14.1. The highest BCUT2D eigenvalue weighted by atomic mass is 16.6. The Morgan fingerprint density at radius 2 is 2.04 bits per heavy atom. The molecule has 1 fully saturated rings. The number of rotatable bonds is 3. The van der Waals surface area contributed by atoms with Gasteiger partial charge in [0, 0.05) is 19.0 Å². The molecule has 128 valence electrons. The Bertz CT molecular complexity index is 583. The van der Waals surface area contributed by atoms with Gasteiger partial charge in [-0.2, -0.15) is 0 Å². The number of aromatic nitrogens is 2. The number of hydrogen-bond acceptors (Lipinski definition) is 5. The lowest BCUT2D eigenvalue weighted by molar-refractivity contribution is -0.392. The van der Waals surface area contributed by atoms with Crippen molar-refractivity contribution >= 4 is 11.9 Å². The topological polar surface area (TPSA) is 90.5 Å². The monoisotopic (exact) mass is 324 g/mol. The van der Waals surface area contributed by atoms with Crippen molar-refractivity contribution < 1.29 is 14.5 Å². The van der Waals surface area contributed by atoms with Crippen LogP contribution in [0.25, 0.3) is 0 Å². The molecule has 0 N–H and O–H groups in total. The minimum absolute atomic E-state index is 0.0251. The lowest BCUT2D eigenvalue weighted by Gasteiger charge is -2.32. The van der Waals surface area contributed by atoms with Gasteiger partial charge in [0.05, 0.1) is 11.8 Å². The first-order chi connectivity index (χ1) is 10.7. The maximum Gasteiger partial charge on any atom is 0.410 e. The summed E-state index contributed by atoms with van der Waals surface area (Å²) in [4.78, 5) is 24.3. The number of nitro groups is 1. The van der Waals surface area contributed by atoms with Crippen LogP contribution in [0.4, 0.5) is 10.6 Å². The standard InChI is InChI=1S/C15H24N4O4/c1-11-9-13(19(21)22)18(16-11)10-12-5-7-17(8-6-12)14(20)23-15(2,3)4/h9,12H,5-8,10H2,1-4H3. The molecule has 1 aliphatic heterocycles. The SMILES string of the molecule is Cc1cc([N+](=O)[O-])n(CC2CCN(C(=O)OC(C)(C)C)CC2)n1. The molecule has 0 bridgehead atoms. The largest absolute Gasteiger partial charge is 0.444 e. The van der Waals surface area contributed by atoms with Crippen molar-refractivity contribution in [3.8, 4) is 0 Å². The number of aryl methyl sites for hydroxylation is 1. The second kappa shape index (κ2) is 6.55. The highest BCUT2D eigenvalue weighted by Crippen LogP contribution is 2.23. The van der Waals surface area contributed by atoms with E-state index in [0.717, 1.165) is 12.8 Å². The van der Waals surface area contributed by atoms with Gasteiger partial charge in [-0.3, -0.25) is 0 Å². The van der Waals surface area contributed by atoms with E-state index in [1.54, 1.807) is 11.8 Å². The minimum Gasteiger partial charge on any atom is -0.444 e. The van der Waals surface area contributed by atoms with Crippen molar-refractivity contribution in [2.75, 3.05) is 13.1 Å². The summed E-state index contributed by atoms with van der Waals surface area (Å²) in [6.45, 7) is 8.99. The Morgan fingerprint density at radius 3 is 2.57 bits per heavy atom. The van der Waals surface area contributed by atoms with E-state index in [1.165, 1.54) is 10.7 Å². The van der Waals surface area contributed by atoms with E-state index in [1.807, 2.05) is 20.8 Å². The number of piperidine rings is 1. The molecule has 0 saturated carbocycles. The number of ether oxygens (including phenoxy) is 1. The fraction of sp³-hybridized carbons (Fsp3) is 0.733. The fourth-order valence-corrected chi connectivity index (χ4v) is 2.68. The van der Waals surface area contributed by atoms with Crippen LogP contribution < -0.4 is 0 Å². The van der Waals surface area contributed by atoms with Crippen molar-refractivity contribution in [1.29, 1.82) is 0 Å². The molecule has 0 atom stereocenters. The van der Waals surface area contributed by atoms with Crippen molar-refractivity contribution in [2.45, 2.75) is 52.7 Å². The summed E-state index contributed by atoms with van der Waals surface area (Å²) < 4.78 is 6.83. The number of amides is 1. The molecule has 1 saturated heterocycles. The van der Waals surface area contributed by atoms with Gasteiger partial charge in [-0.05, 0) is 45.5 Å². The molecule has 2 rings (SSSR count). The molecule has 23 heavy (non-hydrogen) atoms. The summed E-state index contributed by atoms with van der Waals surface area (Å²) in [7, 11) is 0. The highest BCUT2D eigenvalue weighted by Gasteiger charge is 2.29. The van der Waals surface area contributed by atoms with E-state index in [9.17, 15) is 14.9 Å². The van der Waals surface area contributed by atoms with Crippen LogP contribution in [0.5, 0.6) is 0 Å². The van der Waals surface area contributed by atoms with Crippen molar-refractivity contribution in [2.24, 2.45) is 5.92 Å². The maximum absolute atomic E-state index is 12.0. The van der Waals surface area contributed by atoms with Gasteiger partial charge in [-0.25, -0.2) is 4.79 Å². The number of carbonyl (C=O) groups excluding carboxylic acids is 1. The maximum atomic E-state index is 12.0. The number of hydrogen-bond donors (Lipinski definition) is 0. The predicted molar refractivity (Wildman–Crippen MR) is 84.1 cm³/mol. The summed E-state index contributed by atoms with van der Waals surface area (Å²) in [5.74, 6) is 0.295. The molecule has 1 amide bonds. The first-order valence-corrected chi connectivity index (χ1v) is 7.82. The van der Waals surface area contributed by atoms with Gasteiger partial charge in [-0.1, -0.05) is 5.10 Å². The number of likely N-dealkylation sites (tertiary alicyclic amines) is 1. The Labute approximate surface area is 135 Å². The molecule has 8 nitrogen and oxygen atoms in total. The highest BCUT2D eigenvalue weighted by molar-refractivity contribution is 5.68. The lowest BCUT2D eigenvalue weighted by Crippen LogP contribution is -2.42. The van der Waals surface area contributed by atoms with Crippen molar-refractivity contribution in [3.63, 3.8) is 0 Å². The first-order valence-electron chi connectivity index (χ1n) is 7.82. The van der Waals surface area contributed by atoms with Gasteiger partial charge in [0.15, 0.2) is 0 Å². The van der Waals surface area contributed by atoms with Crippen LogP contribution in [0.1, 0.15) is 39.3 Å². The normalized spacial score (nSPS) is 16.4. The summed E-state index contributed by atoms with van der Waals surface area (Å²) in [5.41, 5.74) is 0.143. The molecule has 0 unspecified atom stereocenters. The quantitative estimate of drug-likeness (QED) is 0.630. The van der Waals surface area contributed by atoms with Crippen LogP contribution >= 0.6 is 0 Å². The second-order valence-electron chi connectivity index (χ2n) is 6.99. The fourth-order valence-electron chi connectivity index (χ4n) is 2.68. The van der Waals surface area contributed by atoms with Gasteiger partial charge < -0.3 is 19.8 Å². The molecule has 2 heterocycles. The second-order valence-corrected chi connectivity index (χ2v) is 6.99. The molecule has 1 aromatic heterocycles. The molecule has 0 aliphatic carbocycles. The van der Waals surface area contributed by atoms with E-state index >= 15 is 0 Å². The van der Waals surface area contributed by atoms with Gasteiger partial charge >= 0.3 is 11.9 Å². The van der Waals surface area contributed by atoms with Crippen LogP contribution in [-0.4, -0.2) is 44.4 Å². The Morgan fingerprint density at radius 1 is 1.43 bits per heavy atom. The van der Waals surface area contributed by atoms with E-state index in [4.69, 9.17) is 4.74 Å². The smallest absolute Gasteiger partial charge is 0.410 e. The number of nitrogens with zero attached hydrogens (tertiary/aromatic N) is 4. The zero-order chi connectivity index (χ0) is 17.2. The predicted octanol–water partition coefficient (Wildman–Crippen LogP) is 2.75. The molecule has 1 aromatic rings. The van der Waals surface area contributed by atoms with Gasteiger partial charge in [0.25, 0.3) is 0 Å². The summed E-state index contributed by atoms with van der Waals surface area (Å²) in [6.07, 6.45) is 1.28. The minimum atomic E-state index is -0.499. The molecule has 1 aliphatic rings. The third-order valence-corrected chi connectivity index (χ3v) is 3.77. The van der Waals surface area contributed by atoms with E-state index in [2.05, 4.69) is 5.10 Å². The average Bonchev–Trinajstić information content (AvgIpc) is 2.78. The van der Waals surface area contributed by atoms with Crippen LogP contribution in [0, 0.1) is 23.0 Å². The van der Waals surface area contributed by atoms with Gasteiger partial charge in [-0.15, -0.1) is 4.68 Å². The van der Waals surface area contributed by atoms with Gasteiger partial charge in [0.1, 0.15) is 12.1 Å². The van der Waals surface area contributed by atoms with Crippen LogP contribution in [0.15, 0.2) is 6.07 Å². The summed E-state index contributed by atoms with van der Waals surface area (Å²) in [5, 5.41) is 15.2.